The number of thioether (sulfide) groups is 1. The lowest BCUT2D eigenvalue weighted by molar-refractivity contribution is 0.707. The molecule has 0 aliphatic rings. The van der Waals surface area contributed by atoms with Crippen molar-refractivity contribution in [1.29, 1.82) is 0 Å². The number of pyridine rings is 1. The van der Waals surface area contributed by atoms with Crippen molar-refractivity contribution in [2.24, 2.45) is 0 Å². The zero-order valence-corrected chi connectivity index (χ0v) is 10.7. The van der Waals surface area contributed by atoms with Crippen molar-refractivity contribution in [3.8, 4) is 0 Å². The van der Waals surface area contributed by atoms with Gasteiger partial charge in [0.2, 0.25) is 0 Å². The fourth-order valence-corrected chi connectivity index (χ4v) is 2.34. The summed E-state index contributed by atoms with van der Waals surface area (Å²) < 4.78 is 0. The van der Waals surface area contributed by atoms with Crippen molar-refractivity contribution in [1.82, 2.24) is 10.3 Å². The van der Waals surface area contributed by atoms with Gasteiger partial charge in [-0.05, 0) is 44.5 Å². The Bertz CT molecular complexity index is 279. The van der Waals surface area contributed by atoms with Crippen molar-refractivity contribution < 1.29 is 0 Å². The van der Waals surface area contributed by atoms with Crippen LogP contribution < -0.4 is 5.32 Å². The molecule has 0 bridgehead atoms. The van der Waals surface area contributed by atoms with Gasteiger partial charge in [0.25, 0.3) is 0 Å². The predicted octanol–water partition coefficient (Wildman–Crippen LogP) is 2.79. The molecule has 3 heteroatoms. The standard InChI is InChI=1S/C12H20N2S/c1-4-5-13-6-7-15-12-9-10(2)8-11(3)14-12/h8-9,13H,4-7H2,1-3H3. The molecule has 0 aliphatic heterocycles. The van der Waals surface area contributed by atoms with E-state index in [1.807, 2.05) is 18.7 Å². The van der Waals surface area contributed by atoms with Crippen molar-refractivity contribution in [2.75, 3.05) is 18.8 Å². The Morgan fingerprint density at radius 3 is 2.73 bits per heavy atom. The van der Waals surface area contributed by atoms with Gasteiger partial charge < -0.3 is 5.32 Å². The maximum absolute atomic E-state index is 4.49. The summed E-state index contributed by atoms with van der Waals surface area (Å²) in [6.07, 6.45) is 1.20. The summed E-state index contributed by atoms with van der Waals surface area (Å²) in [4.78, 5) is 4.49. The highest BCUT2D eigenvalue weighted by Crippen LogP contribution is 2.16. The van der Waals surface area contributed by atoms with Gasteiger partial charge >= 0.3 is 0 Å². The van der Waals surface area contributed by atoms with Crippen molar-refractivity contribution in [3.63, 3.8) is 0 Å². The second-order valence-electron chi connectivity index (χ2n) is 3.72. The molecule has 84 valence electrons. The molecule has 0 radical (unpaired) electrons. The maximum atomic E-state index is 4.49. The molecule has 0 spiro atoms. The Morgan fingerprint density at radius 2 is 2.07 bits per heavy atom. The largest absolute Gasteiger partial charge is 0.316 e. The van der Waals surface area contributed by atoms with Crippen LogP contribution in [0.3, 0.4) is 0 Å². The number of nitrogens with zero attached hydrogens (tertiary/aromatic N) is 1. The Hall–Kier alpha value is -0.540. The third kappa shape index (κ3) is 5.19. The molecule has 1 heterocycles. The van der Waals surface area contributed by atoms with E-state index in [0.717, 1.165) is 29.6 Å². The lowest BCUT2D eigenvalue weighted by atomic mass is 10.3. The molecule has 0 saturated carbocycles. The summed E-state index contributed by atoms with van der Waals surface area (Å²) in [7, 11) is 0. The van der Waals surface area contributed by atoms with E-state index in [1.165, 1.54) is 12.0 Å². The first-order valence-corrected chi connectivity index (χ1v) is 6.49. The highest BCUT2D eigenvalue weighted by atomic mass is 32.2. The van der Waals surface area contributed by atoms with Gasteiger partial charge in [0.1, 0.15) is 0 Å². The number of hydrogen-bond donors (Lipinski definition) is 1. The summed E-state index contributed by atoms with van der Waals surface area (Å²) in [5, 5.41) is 4.53. The van der Waals surface area contributed by atoms with E-state index in [9.17, 15) is 0 Å². The Balaban J connectivity index is 2.31. The lowest BCUT2D eigenvalue weighted by Crippen LogP contribution is -2.17. The topological polar surface area (TPSA) is 24.9 Å². The summed E-state index contributed by atoms with van der Waals surface area (Å²) in [5.74, 6) is 1.09. The SMILES string of the molecule is CCCNCCSc1cc(C)cc(C)n1. The molecule has 1 rings (SSSR count). The summed E-state index contributed by atoms with van der Waals surface area (Å²) >= 11 is 1.83. The van der Waals surface area contributed by atoms with Crippen LogP contribution in [-0.4, -0.2) is 23.8 Å². The molecule has 1 aromatic heterocycles. The molecule has 2 nitrogen and oxygen atoms in total. The number of nitrogens with one attached hydrogen (secondary N) is 1. The third-order valence-electron chi connectivity index (χ3n) is 2.03. The Labute approximate surface area is 96.9 Å². The van der Waals surface area contributed by atoms with E-state index in [4.69, 9.17) is 0 Å². The number of rotatable bonds is 6. The van der Waals surface area contributed by atoms with Gasteiger partial charge in [0.05, 0.1) is 5.03 Å². The highest BCUT2D eigenvalue weighted by molar-refractivity contribution is 7.99. The highest BCUT2D eigenvalue weighted by Gasteiger charge is 1.97. The Morgan fingerprint density at radius 1 is 1.27 bits per heavy atom. The van der Waals surface area contributed by atoms with Gasteiger partial charge in [-0.2, -0.15) is 0 Å². The van der Waals surface area contributed by atoms with Crippen LogP contribution >= 0.6 is 11.8 Å². The molecule has 0 saturated heterocycles. The van der Waals surface area contributed by atoms with E-state index in [2.05, 4.69) is 36.3 Å². The van der Waals surface area contributed by atoms with Crippen LogP contribution in [0.5, 0.6) is 0 Å². The van der Waals surface area contributed by atoms with Gasteiger partial charge in [0.15, 0.2) is 0 Å². The van der Waals surface area contributed by atoms with Crippen LogP contribution in [0.4, 0.5) is 0 Å². The molecule has 0 aliphatic carbocycles. The predicted molar refractivity (Wildman–Crippen MR) is 67.6 cm³/mol. The quantitative estimate of drug-likeness (QED) is 0.594. The molecule has 0 fully saturated rings. The summed E-state index contributed by atoms with van der Waals surface area (Å²) in [5.41, 5.74) is 2.41. The van der Waals surface area contributed by atoms with Crippen molar-refractivity contribution >= 4 is 11.8 Å². The average molecular weight is 224 g/mol. The minimum absolute atomic E-state index is 1.06. The number of aryl methyl sites for hydroxylation is 2. The molecule has 0 unspecified atom stereocenters. The molecular weight excluding hydrogens is 204 g/mol. The molecule has 0 atom stereocenters. The van der Waals surface area contributed by atoms with E-state index >= 15 is 0 Å². The molecular formula is C12H20N2S. The van der Waals surface area contributed by atoms with E-state index in [1.54, 1.807) is 0 Å². The zero-order valence-electron chi connectivity index (χ0n) is 9.84. The normalized spacial score (nSPS) is 10.6. The van der Waals surface area contributed by atoms with Gasteiger partial charge in [-0.15, -0.1) is 11.8 Å². The van der Waals surface area contributed by atoms with E-state index < -0.39 is 0 Å². The molecule has 0 aromatic carbocycles. The van der Waals surface area contributed by atoms with Crippen LogP contribution in [0.2, 0.25) is 0 Å². The van der Waals surface area contributed by atoms with Gasteiger partial charge in [0, 0.05) is 18.0 Å². The summed E-state index contributed by atoms with van der Waals surface area (Å²) in [6, 6.07) is 4.26. The van der Waals surface area contributed by atoms with Crippen LogP contribution in [0.25, 0.3) is 0 Å². The Kier molecular flexibility index (Phi) is 5.73. The lowest BCUT2D eigenvalue weighted by Gasteiger charge is -2.04. The zero-order chi connectivity index (χ0) is 11.1. The van der Waals surface area contributed by atoms with Crippen LogP contribution in [0, 0.1) is 13.8 Å². The van der Waals surface area contributed by atoms with Crippen LogP contribution in [0.15, 0.2) is 17.2 Å². The monoisotopic (exact) mass is 224 g/mol. The maximum Gasteiger partial charge on any atom is 0.0966 e. The third-order valence-corrected chi connectivity index (χ3v) is 2.94. The fraction of sp³-hybridized carbons (Fsp3) is 0.583. The average Bonchev–Trinajstić information content (AvgIpc) is 2.16. The second-order valence-corrected chi connectivity index (χ2v) is 4.84. The molecule has 1 N–H and O–H groups in total. The van der Waals surface area contributed by atoms with Gasteiger partial charge in [-0.3, -0.25) is 0 Å². The van der Waals surface area contributed by atoms with Crippen molar-refractivity contribution in [2.45, 2.75) is 32.2 Å². The van der Waals surface area contributed by atoms with Gasteiger partial charge in [-0.25, -0.2) is 4.98 Å². The molecule has 0 amide bonds. The fourth-order valence-electron chi connectivity index (χ4n) is 1.41. The molecule has 1 aromatic rings. The smallest absolute Gasteiger partial charge is 0.0966 e. The van der Waals surface area contributed by atoms with Crippen LogP contribution in [-0.2, 0) is 0 Å². The minimum atomic E-state index is 1.06. The minimum Gasteiger partial charge on any atom is -0.316 e. The van der Waals surface area contributed by atoms with Crippen molar-refractivity contribution in [3.05, 3.63) is 23.4 Å². The van der Waals surface area contributed by atoms with E-state index in [0.29, 0.717) is 0 Å². The summed E-state index contributed by atoms with van der Waals surface area (Å²) in [6.45, 7) is 8.53. The first kappa shape index (κ1) is 12.5. The van der Waals surface area contributed by atoms with E-state index in [-0.39, 0.29) is 0 Å². The first-order valence-electron chi connectivity index (χ1n) is 5.51. The molecule has 15 heavy (non-hydrogen) atoms. The second kappa shape index (κ2) is 6.85. The first-order chi connectivity index (χ1) is 7.22. The number of aromatic nitrogens is 1. The van der Waals surface area contributed by atoms with Crippen LogP contribution in [0.1, 0.15) is 24.6 Å². The number of hydrogen-bond acceptors (Lipinski definition) is 3. The van der Waals surface area contributed by atoms with Gasteiger partial charge in [-0.1, -0.05) is 6.92 Å².